The van der Waals surface area contributed by atoms with Crippen LogP contribution in [-0.4, -0.2) is 8.07 Å². The second-order valence-corrected chi connectivity index (χ2v) is 9.16. The summed E-state index contributed by atoms with van der Waals surface area (Å²) in [4.78, 5) is 0. The van der Waals surface area contributed by atoms with E-state index in [0.717, 1.165) is 0 Å². The fraction of sp³-hybridized carbons (Fsp3) is 0.833. The van der Waals surface area contributed by atoms with Crippen molar-refractivity contribution >= 4 is 8.07 Å². The SMILES string of the molecule is CC/C=C(/CC)[Si](CC)(CC)CC. The van der Waals surface area contributed by atoms with E-state index in [1.807, 2.05) is 5.20 Å². The summed E-state index contributed by atoms with van der Waals surface area (Å²) in [5.41, 5.74) is 0. The Kier molecular flexibility index (Phi) is 6.40. The van der Waals surface area contributed by atoms with Gasteiger partial charge in [-0.05, 0) is 12.8 Å². The van der Waals surface area contributed by atoms with E-state index in [-0.39, 0.29) is 0 Å². The van der Waals surface area contributed by atoms with E-state index in [1.54, 1.807) is 0 Å². The second-order valence-electron chi connectivity index (χ2n) is 3.83. The molecule has 13 heavy (non-hydrogen) atoms. The van der Waals surface area contributed by atoms with Gasteiger partial charge in [-0.25, -0.2) is 0 Å². The minimum Gasteiger partial charge on any atom is -0.0894 e. The summed E-state index contributed by atoms with van der Waals surface area (Å²) in [6.45, 7) is 11.7. The van der Waals surface area contributed by atoms with Crippen LogP contribution in [0.3, 0.4) is 0 Å². The average Bonchev–Trinajstić information content (AvgIpc) is 2.19. The van der Waals surface area contributed by atoms with Crippen LogP contribution in [0.2, 0.25) is 18.1 Å². The van der Waals surface area contributed by atoms with Gasteiger partial charge in [0.2, 0.25) is 0 Å². The van der Waals surface area contributed by atoms with Crippen molar-refractivity contribution in [1.29, 1.82) is 0 Å². The van der Waals surface area contributed by atoms with Gasteiger partial charge in [0.05, 0.1) is 8.07 Å². The molecule has 0 nitrogen and oxygen atoms in total. The fourth-order valence-electron chi connectivity index (χ4n) is 2.41. The van der Waals surface area contributed by atoms with Crippen molar-refractivity contribution in [2.45, 2.75) is 65.6 Å². The van der Waals surface area contributed by atoms with Crippen molar-refractivity contribution < 1.29 is 0 Å². The van der Waals surface area contributed by atoms with Crippen molar-refractivity contribution in [3.63, 3.8) is 0 Å². The lowest BCUT2D eigenvalue weighted by Gasteiger charge is -2.31. The van der Waals surface area contributed by atoms with E-state index in [0.29, 0.717) is 0 Å². The molecule has 0 fully saturated rings. The average molecular weight is 198 g/mol. The molecule has 0 radical (unpaired) electrons. The molecular weight excluding hydrogens is 172 g/mol. The van der Waals surface area contributed by atoms with Crippen molar-refractivity contribution in [2.24, 2.45) is 0 Å². The van der Waals surface area contributed by atoms with Crippen LogP contribution >= 0.6 is 0 Å². The summed E-state index contributed by atoms with van der Waals surface area (Å²) in [6.07, 6.45) is 5.01. The van der Waals surface area contributed by atoms with Gasteiger partial charge < -0.3 is 0 Å². The molecule has 0 unspecified atom stereocenters. The highest BCUT2D eigenvalue weighted by molar-refractivity contribution is 6.86. The van der Waals surface area contributed by atoms with E-state index < -0.39 is 8.07 Å². The van der Waals surface area contributed by atoms with E-state index in [9.17, 15) is 0 Å². The Labute approximate surface area is 85.4 Å². The Balaban J connectivity index is 4.76. The molecule has 0 aliphatic rings. The molecule has 0 atom stereocenters. The van der Waals surface area contributed by atoms with E-state index in [2.05, 4.69) is 40.7 Å². The topological polar surface area (TPSA) is 0 Å². The quantitative estimate of drug-likeness (QED) is 0.539. The number of hydrogen-bond donors (Lipinski definition) is 0. The molecule has 0 aromatic heterocycles. The fourth-order valence-corrected chi connectivity index (χ4v) is 6.66. The molecule has 0 heterocycles. The molecule has 0 N–H and O–H groups in total. The maximum absolute atomic E-state index is 2.50. The van der Waals surface area contributed by atoms with Crippen LogP contribution in [-0.2, 0) is 0 Å². The summed E-state index contributed by atoms with van der Waals surface area (Å²) in [6, 6.07) is 4.29. The predicted octanol–water partition coefficient (Wildman–Crippen LogP) is 4.78. The lowest BCUT2D eigenvalue weighted by atomic mass is 10.3. The van der Waals surface area contributed by atoms with Gasteiger partial charge >= 0.3 is 0 Å². The van der Waals surface area contributed by atoms with Gasteiger partial charge in [-0.3, -0.25) is 0 Å². The van der Waals surface area contributed by atoms with Crippen molar-refractivity contribution in [2.75, 3.05) is 0 Å². The van der Waals surface area contributed by atoms with E-state index in [4.69, 9.17) is 0 Å². The molecule has 0 saturated carbocycles. The number of allylic oxidation sites excluding steroid dienone is 2. The summed E-state index contributed by atoms with van der Waals surface area (Å²) < 4.78 is 0. The molecule has 0 aromatic rings. The molecule has 0 aliphatic carbocycles. The minimum absolute atomic E-state index is 1.01. The van der Waals surface area contributed by atoms with Crippen LogP contribution in [0.25, 0.3) is 0 Å². The highest BCUT2D eigenvalue weighted by Crippen LogP contribution is 2.30. The zero-order valence-corrected chi connectivity index (χ0v) is 11.1. The monoisotopic (exact) mass is 198 g/mol. The van der Waals surface area contributed by atoms with Crippen molar-refractivity contribution in [1.82, 2.24) is 0 Å². The molecule has 0 rings (SSSR count). The molecule has 78 valence electrons. The van der Waals surface area contributed by atoms with Crippen LogP contribution in [0.4, 0.5) is 0 Å². The standard InChI is InChI=1S/C12H26Si/c1-6-11-12(7-2)13(8-3,9-4)10-5/h11H,6-10H2,1-5H3/b12-11-. The first kappa shape index (κ1) is 13.0. The summed E-state index contributed by atoms with van der Waals surface area (Å²) >= 11 is 0. The zero-order valence-electron chi connectivity index (χ0n) is 10.1. The molecule has 0 saturated heterocycles. The Morgan fingerprint density at radius 1 is 0.923 bits per heavy atom. The van der Waals surface area contributed by atoms with E-state index >= 15 is 0 Å². The van der Waals surface area contributed by atoms with Gasteiger partial charge in [0.15, 0.2) is 0 Å². The smallest absolute Gasteiger partial charge is 0.0803 e. The molecule has 1 heteroatoms. The summed E-state index contributed by atoms with van der Waals surface area (Å²) in [5.74, 6) is 0. The van der Waals surface area contributed by atoms with Gasteiger partial charge in [0, 0.05) is 0 Å². The lowest BCUT2D eigenvalue weighted by molar-refractivity contribution is 1.06. The highest BCUT2D eigenvalue weighted by atomic mass is 28.3. The Morgan fingerprint density at radius 3 is 1.62 bits per heavy atom. The second kappa shape index (κ2) is 6.42. The van der Waals surface area contributed by atoms with E-state index in [1.165, 1.54) is 31.0 Å². The maximum atomic E-state index is 2.50. The maximum Gasteiger partial charge on any atom is 0.0803 e. The third-order valence-corrected chi connectivity index (χ3v) is 9.52. The Morgan fingerprint density at radius 2 is 1.38 bits per heavy atom. The molecule has 0 amide bonds. The van der Waals surface area contributed by atoms with Gasteiger partial charge in [0.1, 0.15) is 0 Å². The Hall–Kier alpha value is -0.0431. The molecule has 0 aliphatic heterocycles. The van der Waals surface area contributed by atoms with Crippen LogP contribution in [0, 0.1) is 0 Å². The molecule has 0 aromatic carbocycles. The van der Waals surface area contributed by atoms with Gasteiger partial charge in [-0.15, -0.1) is 0 Å². The molecule has 0 bridgehead atoms. The minimum atomic E-state index is -1.01. The Bertz CT molecular complexity index is 146. The van der Waals surface area contributed by atoms with Crippen LogP contribution in [0.1, 0.15) is 47.5 Å². The first-order chi connectivity index (χ1) is 6.20. The molecule has 0 spiro atoms. The summed E-state index contributed by atoms with van der Waals surface area (Å²) in [7, 11) is -1.01. The lowest BCUT2D eigenvalue weighted by Crippen LogP contribution is -2.34. The van der Waals surface area contributed by atoms with Crippen LogP contribution in [0.15, 0.2) is 11.3 Å². The number of hydrogen-bond acceptors (Lipinski definition) is 0. The predicted molar refractivity (Wildman–Crippen MR) is 65.9 cm³/mol. The first-order valence-electron chi connectivity index (χ1n) is 5.90. The van der Waals surface area contributed by atoms with Gasteiger partial charge in [-0.1, -0.05) is 64.0 Å². The normalized spacial score (nSPS) is 13.5. The highest BCUT2D eigenvalue weighted by Gasteiger charge is 2.29. The third kappa shape index (κ3) is 2.98. The zero-order chi connectivity index (χ0) is 10.3. The third-order valence-electron chi connectivity index (χ3n) is 3.54. The largest absolute Gasteiger partial charge is 0.0894 e. The van der Waals surface area contributed by atoms with Crippen molar-refractivity contribution in [3.8, 4) is 0 Å². The molecular formula is C12H26Si. The summed E-state index contributed by atoms with van der Waals surface area (Å²) in [5, 5.41) is 1.82. The first-order valence-corrected chi connectivity index (χ1v) is 8.52. The number of rotatable bonds is 6. The van der Waals surface area contributed by atoms with Crippen molar-refractivity contribution in [3.05, 3.63) is 11.3 Å². The van der Waals surface area contributed by atoms with Crippen LogP contribution < -0.4 is 0 Å². The van der Waals surface area contributed by atoms with Gasteiger partial charge in [0.25, 0.3) is 0 Å². The van der Waals surface area contributed by atoms with Gasteiger partial charge in [-0.2, -0.15) is 0 Å². The van der Waals surface area contributed by atoms with Crippen LogP contribution in [0.5, 0.6) is 0 Å².